The molecule has 0 aromatic carbocycles. The van der Waals surface area contributed by atoms with E-state index in [1.165, 1.54) is 0 Å². The molecule has 2 N–H and O–H groups in total. The molecule has 0 fully saturated rings. The van der Waals surface area contributed by atoms with Crippen molar-refractivity contribution in [2.45, 2.75) is 0 Å². The van der Waals surface area contributed by atoms with Gasteiger partial charge in [-0.05, 0) is 0 Å². The molecule has 0 aromatic rings. The van der Waals surface area contributed by atoms with E-state index in [1.54, 1.807) is 0 Å². The predicted octanol–water partition coefficient (Wildman–Crippen LogP) is -1.08. The number of hydrogen-bond donors (Lipinski definition) is 4. The predicted molar refractivity (Wildman–Crippen MR) is 45.1 cm³/mol. The smallest absolute Gasteiger partial charge is 0.255 e. The zero-order valence-electron chi connectivity index (χ0n) is 5.53. The molecule has 0 unspecified atom stereocenters. The van der Waals surface area contributed by atoms with Crippen molar-refractivity contribution in [1.29, 1.82) is 0 Å². The van der Waals surface area contributed by atoms with E-state index in [2.05, 4.69) is 30.4 Å². The Labute approximate surface area is 75.0 Å². The van der Waals surface area contributed by atoms with Crippen molar-refractivity contribution < 1.29 is 14.3 Å². The van der Waals surface area contributed by atoms with Crippen molar-refractivity contribution in [2.24, 2.45) is 0 Å². The lowest BCUT2D eigenvalue weighted by Crippen LogP contribution is -2.25. The zero-order chi connectivity index (χ0) is 8.69. The van der Waals surface area contributed by atoms with E-state index in [0.717, 1.165) is 0 Å². The molecule has 7 heteroatoms. The fourth-order valence-corrected chi connectivity index (χ4v) is 0.430. The van der Waals surface area contributed by atoms with Gasteiger partial charge in [0.15, 0.2) is 0 Å². The van der Waals surface area contributed by atoms with Crippen LogP contribution < -0.4 is 9.44 Å². The first-order chi connectivity index (χ1) is 5.20. The Bertz CT molecular complexity index is 136. The van der Waals surface area contributed by atoms with Crippen LogP contribution in [0.1, 0.15) is 0 Å². The van der Waals surface area contributed by atoms with Gasteiger partial charge < -0.3 is 14.2 Å². The maximum Gasteiger partial charge on any atom is 0.255 e. The SMILES string of the molecule is O=C(COCC(=O)NS)NS. The summed E-state index contributed by atoms with van der Waals surface area (Å²) in [7, 11) is 0. The molecule has 0 spiro atoms. The van der Waals surface area contributed by atoms with Gasteiger partial charge in [0.2, 0.25) is 0 Å². The number of hydrogen-bond acceptors (Lipinski definition) is 5. The van der Waals surface area contributed by atoms with E-state index in [-0.39, 0.29) is 13.2 Å². The second-order valence-electron chi connectivity index (χ2n) is 1.56. The van der Waals surface area contributed by atoms with Gasteiger partial charge in [-0.3, -0.25) is 9.59 Å². The third-order valence-electron chi connectivity index (χ3n) is 0.716. The highest BCUT2D eigenvalue weighted by atomic mass is 32.1. The van der Waals surface area contributed by atoms with Crippen molar-refractivity contribution in [1.82, 2.24) is 9.44 Å². The van der Waals surface area contributed by atoms with Crippen LogP contribution in [-0.4, -0.2) is 25.0 Å². The molecule has 0 heterocycles. The maximum atomic E-state index is 10.4. The van der Waals surface area contributed by atoms with Crippen molar-refractivity contribution in [2.75, 3.05) is 13.2 Å². The van der Waals surface area contributed by atoms with Gasteiger partial charge in [-0.2, -0.15) is 0 Å². The zero-order valence-corrected chi connectivity index (χ0v) is 7.32. The number of nitrogens with one attached hydrogen (secondary N) is 2. The van der Waals surface area contributed by atoms with Gasteiger partial charge in [0.1, 0.15) is 13.2 Å². The number of amides is 2. The highest BCUT2D eigenvalue weighted by Gasteiger charge is 2.01. The fraction of sp³-hybridized carbons (Fsp3) is 0.500. The Kier molecular flexibility index (Phi) is 6.09. The Balaban J connectivity index is 3.27. The second kappa shape index (κ2) is 6.32. The molecule has 11 heavy (non-hydrogen) atoms. The summed E-state index contributed by atoms with van der Waals surface area (Å²) in [5.41, 5.74) is 0. The maximum absolute atomic E-state index is 10.4. The van der Waals surface area contributed by atoms with Crippen LogP contribution in [0.2, 0.25) is 0 Å². The molecule has 0 saturated heterocycles. The summed E-state index contributed by atoms with van der Waals surface area (Å²) in [6.45, 7) is -0.380. The number of carbonyl (C=O) groups is 2. The van der Waals surface area contributed by atoms with Crippen LogP contribution in [0, 0.1) is 0 Å². The molecule has 0 rings (SSSR count). The summed E-state index contributed by atoms with van der Waals surface area (Å²) < 4.78 is 8.69. The molecule has 0 saturated carbocycles. The van der Waals surface area contributed by atoms with Crippen LogP contribution >= 0.6 is 25.6 Å². The van der Waals surface area contributed by atoms with E-state index in [0.29, 0.717) is 0 Å². The van der Waals surface area contributed by atoms with Crippen molar-refractivity contribution in [3.05, 3.63) is 0 Å². The molecule has 0 aromatic heterocycles. The van der Waals surface area contributed by atoms with Gasteiger partial charge in [0, 0.05) is 0 Å². The average Bonchev–Trinajstić information content (AvgIpc) is 2.04. The molecule has 64 valence electrons. The summed E-state index contributed by atoms with van der Waals surface area (Å²) in [6, 6.07) is 0. The van der Waals surface area contributed by atoms with Crippen molar-refractivity contribution in [3.8, 4) is 0 Å². The summed E-state index contributed by atoms with van der Waals surface area (Å²) in [4.78, 5) is 20.8. The summed E-state index contributed by atoms with van der Waals surface area (Å²) in [5.74, 6) is -0.805. The van der Waals surface area contributed by atoms with Gasteiger partial charge in [-0.25, -0.2) is 0 Å². The van der Waals surface area contributed by atoms with E-state index in [4.69, 9.17) is 0 Å². The Hall–Kier alpha value is -0.400. The van der Waals surface area contributed by atoms with Crippen LogP contribution in [0.3, 0.4) is 0 Å². The van der Waals surface area contributed by atoms with Crippen molar-refractivity contribution in [3.63, 3.8) is 0 Å². The van der Waals surface area contributed by atoms with E-state index in [9.17, 15) is 9.59 Å². The Morgan fingerprint density at radius 3 is 1.73 bits per heavy atom. The number of ether oxygens (including phenoxy) is 1. The number of thiol groups is 2. The van der Waals surface area contributed by atoms with Crippen molar-refractivity contribution >= 4 is 37.4 Å². The number of rotatable bonds is 4. The van der Waals surface area contributed by atoms with Gasteiger partial charge >= 0.3 is 0 Å². The lowest BCUT2D eigenvalue weighted by Gasteiger charge is -2.00. The fourth-order valence-electron chi connectivity index (χ4n) is 0.301. The first-order valence-corrected chi connectivity index (χ1v) is 3.53. The standard InChI is InChI=1S/C4H8N2O3S2/c7-3(5-10)1-9-2-4(8)6-11/h10-11H,1-2H2,(H,5,7)(H,6,8). The second-order valence-corrected chi connectivity index (χ2v) is 2.01. The molecule has 2 amide bonds. The molecular formula is C4H8N2O3S2. The Morgan fingerprint density at radius 2 is 1.45 bits per heavy atom. The Morgan fingerprint density at radius 1 is 1.09 bits per heavy atom. The van der Waals surface area contributed by atoms with E-state index < -0.39 is 11.8 Å². The van der Waals surface area contributed by atoms with E-state index >= 15 is 0 Å². The monoisotopic (exact) mass is 196 g/mol. The van der Waals surface area contributed by atoms with Gasteiger partial charge in [0.05, 0.1) is 0 Å². The third-order valence-corrected chi connectivity index (χ3v) is 1.21. The minimum absolute atomic E-state index is 0.190. The first-order valence-electron chi connectivity index (χ1n) is 2.64. The largest absolute Gasteiger partial charge is 0.362 e. The minimum Gasteiger partial charge on any atom is -0.362 e. The molecule has 0 atom stereocenters. The average molecular weight is 196 g/mol. The molecule has 0 aliphatic heterocycles. The number of carbonyl (C=O) groups excluding carboxylic acids is 2. The summed E-state index contributed by atoms with van der Waals surface area (Å²) in [6.07, 6.45) is 0. The molecule has 0 bridgehead atoms. The van der Waals surface area contributed by atoms with Gasteiger partial charge in [-0.1, -0.05) is 25.6 Å². The summed E-state index contributed by atoms with van der Waals surface area (Å²) in [5, 5.41) is 0. The normalized spacial score (nSPS) is 8.91. The third kappa shape index (κ3) is 6.02. The van der Waals surface area contributed by atoms with Crippen LogP contribution in [0.5, 0.6) is 0 Å². The van der Waals surface area contributed by atoms with E-state index in [1.807, 2.05) is 9.44 Å². The lowest BCUT2D eigenvalue weighted by molar-refractivity contribution is -0.128. The highest BCUT2D eigenvalue weighted by Crippen LogP contribution is 1.77. The van der Waals surface area contributed by atoms with Crippen LogP contribution in [0.15, 0.2) is 0 Å². The lowest BCUT2D eigenvalue weighted by atomic mass is 10.6. The topological polar surface area (TPSA) is 67.4 Å². The minimum atomic E-state index is -0.403. The molecule has 0 aliphatic rings. The molecule has 0 aliphatic carbocycles. The summed E-state index contributed by atoms with van der Waals surface area (Å²) >= 11 is 6.94. The molecule has 0 radical (unpaired) electrons. The first kappa shape index (κ1) is 10.6. The molecular weight excluding hydrogens is 188 g/mol. The quantitative estimate of drug-likeness (QED) is 0.433. The van der Waals surface area contributed by atoms with Gasteiger partial charge in [0.25, 0.3) is 11.8 Å². The highest BCUT2D eigenvalue weighted by molar-refractivity contribution is 7.78. The molecule has 5 nitrogen and oxygen atoms in total. The van der Waals surface area contributed by atoms with Crippen LogP contribution in [0.4, 0.5) is 0 Å². The van der Waals surface area contributed by atoms with Crippen LogP contribution in [-0.2, 0) is 14.3 Å². The van der Waals surface area contributed by atoms with Gasteiger partial charge in [-0.15, -0.1) is 0 Å². The van der Waals surface area contributed by atoms with Crippen LogP contribution in [0.25, 0.3) is 0 Å².